The van der Waals surface area contributed by atoms with Gasteiger partial charge in [-0.05, 0) is 31.5 Å². The first-order chi connectivity index (χ1) is 9.58. The molecular formula is C15H18BrNO3. The van der Waals surface area contributed by atoms with Gasteiger partial charge in [0.25, 0.3) is 5.91 Å². The minimum Gasteiger partial charge on any atom is -0.451 e. The largest absolute Gasteiger partial charge is 0.451 e. The maximum atomic E-state index is 12.5. The Morgan fingerprint density at radius 2 is 2.15 bits per heavy atom. The second kappa shape index (κ2) is 6.41. The van der Waals surface area contributed by atoms with Crippen LogP contribution < -0.4 is 0 Å². The number of amides is 1. The molecule has 0 saturated heterocycles. The van der Waals surface area contributed by atoms with Crippen LogP contribution in [0.5, 0.6) is 0 Å². The Morgan fingerprint density at radius 3 is 2.80 bits per heavy atom. The van der Waals surface area contributed by atoms with Crippen molar-refractivity contribution in [3.63, 3.8) is 0 Å². The molecular weight excluding hydrogens is 322 g/mol. The fourth-order valence-electron chi connectivity index (χ4n) is 2.25. The van der Waals surface area contributed by atoms with Gasteiger partial charge in [-0.15, -0.1) is 0 Å². The monoisotopic (exact) mass is 339 g/mol. The van der Waals surface area contributed by atoms with E-state index in [9.17, 15) is 4.79 Å². The molecule has 0 fully saturated rings. The molecule has 0 bridgehead atoms. The molecule has 1 heterocycles. The average Bonchev–Trinajstić information content (AvgIpc) is 2.75. The predicted molar refractivity (Wildman–Crippen MR) is 81.9 cm³/mol. The van der Waals surface area contributed by atoms with Crippen LogP contribution in [0.3, 0.4) is 0 Å². The van der Waals surface area contributed by atoms with Crippen molar-refractivity contribution in [3.05, 3.63) is 34.0 Å². The third kappa shape index (κ3) is 2.88. The quantitative estimate of drug-likeness (QED) is 0.908. The summed E-state index contributed by atoms with van der Waals surface area (Å²) in [5, 5.41) is 10.0. The van der Waals surface area contributed by atoms with Crippen LogP contribution in [0.2, 0.25) is 0 Å². The highest BCUT2D eigenvalue weighted by Crippen LogP contribution is 2.28. The van der Waals surface area contributed by atoms with Gasteiger partial charge >= 0.3 is 0 Å². The molecule has 1 N–H and O–H groups in total. The molecule has 5 heteroatoms. The minimum atomic E-state index is -0.161. The molecule has 2 rings (SSSR count). The summed E-state index contributed by atoms with van der Waals surface area (Å²) < 4.78 is 6.65. The molecule has 0 aliphatic carbocycles. The van der Waals surface area contributed by atoms with Gasteiger partial charge in [0.15, 0.2) is 5.76 Å². The molecule has 1 aromatic carbocycles. The van der Waals surface area contributed by atoms with E-state index in [-0.39, 0.29) is 12.5 Å². The van der Waals surface area contributed by atoms with Gasteiger partial charge in [-0.1, -0.05) is 22.9 Å². The van der Waals surface area contributed by atoms with E-state index in [0.29, 0.717) is 24.4 Å². The number of aryl methyl sites for hydroxylation is 1. The van der Waals surface area contributed by atoms with E-state index >= 15 is 0 Å². The highest BCUT2D eigenvalue weighted by molar-refractivity contribution is 9.10. The van der Waals surface area contributed by atoms with E-state index in [4.69, 9.17) is 9.52 Å². The van der Waals surface area contributed by atoms with Crippen LogP contribution in [0.15, 0.2) is 27.1 Å². The predicted octanol–water partition coefficient (Wildman–Crippen LogP) is 3.35. The Bertz CT molecular complexity index is 615. The van der Waals surface area contributed by atoms with Crippen LogP contribution >= 0.6 is 15.9 Å². The zero-order valence-corrected chi connectivity index (χ0v) is 13.2. The van der Waals surface area contributed by atoms with E-state index < -0.39 is 0 Å². The minimum absolute atomic E-state index is 0.0451. The fourth-order valence-corrected chi connectivity index (χ4v) is 2.61. The molecule has 0 saturated carbocycles. The molecule has 1 amide bonds. The summed E-state index contributed by atoms with van der Waals surface area (Å²) in [6, 6.07) is 5.68. The van der Waals surface area contributed by atoms with Gasteiger partial charge < -0.3 is 14.4 Å². The zero-order chi connectivity index (χ0) is 14.7. The second-order valence-corrected chi connectivity index (χ2v) is 5.63. The Kier molecular flexibility index (Phi) is 4.83. The smallest absolute Gasteiger partial charge is 0.289 e. The van der Waals surface area contributed by atoms with Gasteiger partial charge in [0.1, 0.15) is 5.58 Å². The number of aliphatic hydroxyl groups is 1. The molecule has 0 aliphatic heterocycles. The number of carbonyl (C=O) groups excluding carboxylic acids is 1. The Labute approximate surface area is 126 Å². The molecule has 4 nitrogen and oxygen atoms in total. The van der Waals surface area contributed by atoms with Crippen LogP contribution in [-0.2, 0) is 0 Å². The summed E-state index contributed by atoms with van der Waals surface area (Å²) in [4.78, 5) is 14.1. The number of hydrogen-bond acceptors (Lipinski definition) is 3. The summed E-state index contributed by atoms with van der Waals surface area (Å²) in [6.07, 6.45) is 0.844. The standard InChI is InChI=1S/C15H18BrNO3/c1-3-6-17(7-8-18)15(19)14-10(2)12-9-11(16)4-5-13(12)20-14/h4-5,9,18H,3,6-8H2,1-2H3. The van der Waals surface area contributed by atoms with Gasteiger partial charge in [-0.2, -0.15) is 0 Å². The number of fused-ring (bicyclic) bond motifs is 1. The van der Waals surface area contributed by atoms with E-state index in [1.54, 1.807) is 4.90 Å². The Hall–Kier alpha value is -1.33. The van der Waals surface area contributed by atoms with Crippen molar-refractivity contribution < 1.29 is 14.3 Å². The van der Waals surface area contributed by atoms with Crippen molar-refractivity contribution in [2.75, 3.05) is 19.7 Å². The average molecular weight is 340 g/mol. The SMILES string of the molecule is CCCN(CCO)C(=O)c1oc2ccc(Br)cc2c1C. The number of benzene rings is 1. The van der Waals surface area contributed by atoms with Crippen molar-refractivity contribution in [1.29, 1.82) is 0 Å². The Balaban J connectivity index is 2.40. The van der Waals surface area contributed by atoms with Crippen molar-refractivity contribution >= 4 is 32.8 Å². The topological polar surface area (TPSA) is 53.7 Å². The summed E-state index contributed by atoms with van der Waals surface area (Å²) in [5.41, 5.74) is 1.54. The van der Waals surface area contributed by atoms with Crippen molar-refractivity contribution in [2.45, 2.75) is 20.3 Å². The molecule has 20 heavy (non-hydrogen) atoms. The van der Waals surface area contributed by atoms with Gasteiger partial charge in [0, 0.05) is 28.5 Å². The van der Waals surface area contributed by atoms with Crippen LogP contribution in [-0.4, -0.2) is 35.6 Å². The first-order valence-corrected chi connectivity index (χ1v) is 7.46. The highest BCUT2D eigenvalue weighted by atomic mass is 79.9. The third-order valence-corrected chi connectivity index (χ3v) is 3.74. The first-order valence-electron chi connectivity index (χ1n) is 6.67. The van der Waals surface area contributed by atoms with Gasteiger partial charge in [-0.25, -0.2) is 0 Å². The normalized spacial score (nSPS) is 11.0. The molecule has 2 aromatic rings. The second-order valence-electron chi connectivity index (χ2n) is 4.71. The number of rotatable bonds is 5. The number of aliphatic hydroxyl groups excluding tert-OH is 1. The van der Waals surface area contributed by atoms with Crippen LogP contribution in [0.25, 0.3) is 11.0 Å². The molecule has 1 aromatic heterocycles. The van der Waals surface area contributed by atoms with E-state index in [1.165, 1.54) is 0 Å². The van der Waals surface area contributed by atoms with Gasteiger partial charge in [0.05, 0.1) is 6.61 Å². The molecule has 0 aliphatic rings. The lowest BCUT2D eigenvalue weighted by Crippen LogP contribution is -2.34. The maximum Gasteiger partial charge on any atom is 0.289 e. The number of nitrogens with zero attached hydrogens (tertiary/aromatic N) is 1. The third-order valence-electron chi connectivity index (χ3n) is 3.24. The number of hydrogen-bond donors (Lipinski definition) is 1. The van der Waals surface area contributed by atoms with Crippen LogP contribution in [0.4, 0.5) is 0 Å². The fraction of sp³-hybridized carbons (Fsp3) is 0.400. The number of carbonyl (C=O) groups is 1. The molecule has 0 atom stereocenters. The molecule has 0 radical (unpaired) electrons. The summed E-state index contributed by atoms with van der Waals surface area (Å²) in [5.74, 6) is 0.200. The first kappa shape index (κ1) is 15.1. The summed E-state index contributed by atoms with van der Waals surface area (Å²) in [6.45, 7) is 4.78. The molecule has 0 unspecified atom stereocenters. The maximum absolute atomic E-state index is 12.5. The van der Waals surface area contributed by atoms with Gasteiger partial charge in [-0.3, -0.25) is 4.79 Å². The van der Waals surface area contributed by atoms with E-state index in [2.05, 4.69) is 15.9 Å². The highest BCUT2D eigenvalue weighted by Gasteiger charge is 2.22. The zero-order valence-electron chi connectivity index (χ0n) is 11.6. The lowest BCUT2D eigenvalue weighted by Gasteiger charge is -2.19. The lowest BCUT2D eigenvalue weighted by molar-refractivity contribution is 0.0691. The number of halogens is 1. The van der Waals surface area contributed by atoms with E-state index in [0.717, 1.165) is 21.8 Å². The molecule has 108 valence electrons. The Morgan fingerprint density at radius 1 is 1.40 bits per heavy atom. The van der Waals surface area contributed by atoms with Crippen LogP contribution in [0.1, 0.15) is 29.5 Å². The number of furan rings is 1. The van der Waals surface area contributed by atoms with Crippen molar-refractivity contribution in [3.8, 4) is 0 Å². The lowest BCUT2D eigenvalue weighted by atomic mass is 10.1. The van der Waals surface area contributed by atoms with E-state index in [1.807, 2.05) is 32.0 Å². The van der Waals surface area contributed by atoms with Crippen molar-refractivity contribution in [2.24, 2.45) is 0 Å². The molecule has 0 spiro atoms. The van der Waals surface area contributed by atoms with Gasteiger partial charge in [0.2, 0.25) is 0 Å². The van der Waals surface area contributed by atoms with Crippen LogP contribution in [0, 0.1) is 6.92 Å². The summed E-state index contributed by atoms with van der Waals surface area (Å²) in [7, 11) is 0. The van der Waals surface area contributed by atoms with Crippen molar-refractivity contribution in [1.82, 2.24) is 4.90 Å². The summed E-state index contributed by atoms with van der Waals surface area (Å²) >= 11 is 3.42.